The summed E-state index contributed by atoms with van der Waals surface area (Å²) >= 11 is 0.962. The standard InChI is InChI=1S/C21H15FN4O3S/c1-12-17(18(27)19-13(2)23-25-30-19)20(26(24-12)16-6-4-3-5-7-16)29-21(28)14-8-10-15(22)11-9-14/h3-11H,1-2H3. The first-order valence-electron chi connectivity index (χ1n) is 8.92. The number of nitrogens with zero attached hydrogens (tertiary/aromatic N) is 4. The Balaban J connectivity index is 1.83. The third-order valence-electron chi connectivity index (χ3n) is 4.37. The van der Waals surface area contributed by atoms with Crippen LogP contribution in [0.1, 0.15) is 37.0 Å². The maximum absolute atomic E-state index is 13.2. The molecule has 0 saturated heterocycles. The topological polar surface area (TPSA) is 87.0 Å². The van der Waals surface area contributed by atoms with E-state index < -0.39 is 11.8 Å². The minimum Gasteiger partial charge on any atom is -0.403 e. The van der Waals surface area contributed by atoms with E-state index in [1.165, 1.54) is 16.8 Å². The third kappa shape index (κ3) is 3.62. The average Bonchev–Trinajstić information content (AvgIpc) is 3.31. The number of ether oxygens (including phenoxy) is 1. The molecule has 9 heteroatoms. The van der Waals surface area contributed by atoms with Crippen molar-refractivity contribution < 1.29 is 18.7 Å². The molecule has 4 rings (SSSR count). The Hall–Kier alpha value is -3.72. The molecule has 150 valence electrons. The fourth-order valence-corrected chi connectivity index (χ4v) is 3.49. The van der Waals surface area contributed by atoms with Crippen molar-refractivity contribution in [1.29, 1.82) is 0 Å². The predicted octanol–water partition coefficient (Wildman–Crippen LogP) is 3.93. The van der Waals surface area contributed by atoms with Crippen molar-refractivity contribution in [3.63, 3.8) is 0 Å². The molecule has 0 spiro atoms. The highest BCUT2D eigenvalue weighted by molar-refractivity contribution is 7.08. The van der Waals surface area contributed by atoms with Crippen LogP contribution in [0.5, 0.6) is 5.88 Å². The first kappa shape index (κ1) is 19.6. The number of para-hydroxylation sites is 1. The van der Waals surface area contributed by atoms with Gasteiger partial charge in [-0.1, -0.05) is 22.7 Å². The van der Waals surface area contributed by atoms with Crippen LogP contribution in [0.4, 0.5) is 4.39 Å². The van der Waals surface area contributed by atoms with E-state index in [0.717, 1.165) is 23.7 Å². The normalized spacial score (nSPS) is 10.8. The van der Waals surface area contributed by atoms with Crippen molar-refractivity contribution in [2.24, 2.45) is 0 Å². The molecule has 0 aliphatic heterocycles. The van der Waals surface area contributed by atoms with Crippen molar-refractivity contribution in [1.82, 2.24) is 19.4 Å². The quantitative estimate of drug-likeness (QED) is 0.358. The van der Waals surface area contributed by atoms with Crippen LogP contribution >= 0.6 is 11.5 Å². The molecule has 0 aliphatic carbocycles. The molecule has 7 nitrogen and oxygen atoms in total. The maximum Gasteiger partial charge on any atom is 0.344 e. The summed E-state index contributed by atoms with van der Waals surface area (Å²) in [5.74, 6) is -1.61. The van der Waals surface area contributed by atoms with Crippen LogP contribution in [-0.4, -0.2) is 31.1 Å². The molecule has 0 fully saturated rings. The Labute approximate surface area is 174 Å². The van der Waals surface area contributed by atoms with E-state index in [-0.39, 0.29) is 22.8 Å². The number of ketones is 1. The zero-order valence-corrected chi connectivity index (χ0v) is 16.8. The number of benzene rings is 2. The van der Waals surface area contributed by atoms with Gasteiger partial charge in [-0.2, -0.15) is 9.78 Å². The Morgan fingerprint density at radius 1 is 1.00 bits per heavy atom. The fourth-order valence-electron chi connectivity index (χ4n) is 2.89. The average molecular weight is 422 g/mol. The highest BCUT2D eigenvalue weighted by Gasteiger charge is 2.29. The first-order chi connectivity index (χ1) is 14.5. The Kier molecular flexibility index (Phi) is 5.20. The molecule has 30 heavy (non-hydrogen) atoms. The Bertz CT molecular complexity index is 1230. The predicted molar refractivity (Wildman–Crippen MR) is 108 cm³/mol. The molecular formula is C21H15FN4O3S. The van der Waals surface area contributed by atoms with Gasteiger partial charge in [-0.25, -0.2) is 9.18 Å². The number of aryl methyl sites for hydroxylation is 2. The number of halogens is 1. The second-order valence-corrected chi connectivity index (χ2v) is 7.18. The van der Waals surface area contributed by atoms with Crippen LogP contribution in [0.2, 0.25) is 0 Å². The summed E-state index contributed by atoms with van der Waals surface area (Å²) in [6.07, 6.45) is 0. The van der Waals surface area contributed by atoms with Crippen LogP contribution in [-0.2, 0) is 0 Å². The van der Waals surface area contributed by atoms with Crippen LogP contribution in [0, 0.1) is 19.7 Å². The summed E-state index contributed by atoms with van der Waals surface area (Å²) in [6.45, 7) is 3.34. The molecule has 0 atom stereocenters. The molecule has 0 radical (unpaired) electrons. The van der Waals surface area contributed by atoms with E-state index >= 15 is 0 Å². The molecule has 4 aromatic rings. The lowest BCUT2D eigenvalue weighted by Crippen LogP contribution is -2.14. The Morgan fingerprint density at radius 2 is 1.70 bits per heavy atom. The van der Waals surface area contributed by atoms with E-state index in [9.17, 15) is 14.0 Å². The lowest BCUT2D eigenvalue weighted by atomic mass is 10.1. The van der Waals surface area contributed by atoms with Gasteiger partial charge in [-0.05, 0) is 61.8 Å². The van der Waals surface area contributed by atoms with Gasteiger partial charge in [-0.15, -0.1) is 5.10 Å². The minimum atomic E-state index is -0.736. The van der Waals surface area contributed by atoms with E-state index in [0.29, 0.717) is 22.0 Å². The second-order valence-electron chi connectivity index (χ2n) is 6.43. The number of hydrogen-bond acceptors (Lipinski definition) is 7. The highest BCUT2D eigenvalue weighted by atomic mass is 32.1. The van der Waals surface area contributed by atoms with Crippen molar-refractivity contribution in [3.8, 4) is 11.6 Å². The van der Waals surface area contributed by atoms with Gasteiger partial charge in [0.1, 0.15) is 16.3 Å². The SMILES string of the molecule is Cc1nnsc1C(=O)c1c(C)nn(-c2ccccc2)c1OC(=O)c1ccc(F)cc1. The number of carbonyl (C=O) groups excluding carboxylic acids is 2. The zero-order chi connectivity index (χ0) is 21.3. The lowest BCUT2D eigenvalue weighted by Gasteiger charge is -2.10. The van der Waals surface area contributed by atoms with Gasteiger partial charge in [0.25, 0.3) is 0 Å². The van der Waals surface area contributed by atoms with Gasteiger partial charge in [0.2, 0.25) is 11.7 Å². The van der Waals surface area contributed by atoms with Crippen molar-refractivity contribution >= 4 is 23.3 Å². The molecule has 0 N–H and O–H groups in total. The summed E-state index contributed by atoms with van der Waals surface area (Å²) in [5.41, 5.74) is 1.76. The van der Waals surface area contributed by atoms with Crippen LogP contribution < -0.4 is 4.74 Å². The van der Waals surface area contributed by atoms with Crippen LogP contribution in [0.3, 0.4) is 0 Å². The molecule has 0 aliphatic rings. The molecule has 2 aromatic carbocycles. The van der Waals surface area contributed by atoms with Gasteiger partial charge < -0.3 is 4.74 Å². The van der Waals surface area contributed by atoms with Gasteiger partial charge in [0.05, 0.1) is 22.6 Å². The maximum atomic E-state index is 13.2. The third-order valence-corrected chi connectivity index (χ3v) is 5.20. The largest absolute Gasteiger partial charge is 0.403 e. The van der Waals surface area contributed by atoms with Crippen LogP contribution in [0.25, 0.3) is 5.69 Å². The van der Waals surface area contributed by atoms with E-state index in [1.807, 2.05) is 6.07 Å². The first-order valence-corrected chi connectivity index (χ1v) is 9.69. The second kappa shape index (κ2) is 7.96. The smallest absolute Gasteiger partial charge is 0.344 e. The molecular weight excluding hydrogens is 407 g/mol. The summed E-state index contributed by atoms with van der Waals surface area (Å²) in [5, 5.41) is 8.31. The van der Waals surface area contributed by atoms with E-state index in [1.54, 1.807) is 38.1 Å². The van der Waals surface area contributed by atoms with Crippen molar-refractivity contribution in [2.75, 3.05) is 0 Å². The number of hydrogen-bond donors (Lipinski definition) is 0. The van der Waals surface area contributed by atoms with Gasteiger partial charge in [0.15, 0.2) is 0 Å². The van der Waals surface area contributed by atoms with Crippen LogP contribution in [0.15, 0.2) is 54.6 Å². The van der Waals surface area contributed by atoms with Crippen molar-refractivity contribution in [2.45, 2.75) is 13.8 Å². The summed E-state index contributed by atoms with van der Waals surface area (Å²) in [6, 6.07) is 13.9. The van der Waals surface area contributed by atoms with Gasteiger partial charge in [-0.3, -0.25) is 4.79 Å². The monoisotopic (exact) mass is 422 g/mol. The molecule has 0 bridgehead atoms. The summed E-state index contributed by atoms with van der Waals surface area (Å²) in [4.78, 5) is 26.3. The van der Waals surface area contributed by atoms with E-state index in [2.05, 4.69) is 14.7 Å². The van der Waals surface area contributed by atoms with Gasteiger partial charge in [0, 0.05) is 0 Å². The molecule has 0 unspecified atom stereocenters. The lowest BCUT2D eigenvalue weighted by molar-refractivity contribution is 0.0721. The molecule has 2 aromatic heterocycles. The number of carbonyl (C=O) groups is 2. The molecule has 0 saturated carbocycles. The zero-order valence-electron chi connectivity index (χ0n) is 16.0. The van der Waals surface area contributed by atoms with E-state index in [4.69, 9.17) is 4.74 Å². The molecule has 0 amide bonds. The summed E-state index contributed by atoms with van der Waals surface area (Å²) < 4.78 is 24.0. The fraction of sp³-hybridized carbons (Fsp3) is 0.0952. The highest BCUT2D eigenvalue weighted by Crippen LogP contribution is 2.30. The van der Waals surface area contributed by atoms with Crippen molar-refractivity contribution in [3.05, 3.63) is 87.8 Å². The number of rotatable bonds is 5. The minimum absolute atomic E-state index is 0.0224. The Morgan fingerprint density at radius 3 is 2.33 bits per heavy atom. The number of esters is 1. The number of aromatic nitrogens is 4. The van der Waals surface area contributed by atoms with Gasteiger partial charge >= 0.3 is 5.97 Å². The molecule has 2 heterocycles. The summed E-state index contributed by atoms with van der Waals surface area (Å²) in [7, 11) is 0.